The van der Waals surface area contributed by atoms with E-state index in [-0.39, 0.29) is 0 Å². The Morgan fingerprint density at radius 1 is 1.07 bits per heavy atom. The number of hydrogen-bond acceptors (Lipinski definition) is 2. The van der Waals surface area contributed by atoms with Crippen molar-refractivity contribution in [2.75, 3.05) is 13.1 Å². The summed E-state index contributed by atoms with van der Waals surface area (Å²) in [5.41, 5.74) is 0. The highest BCUT2D eigenvalue weighted by Gasteiger charge is 2.37. The van der Waals surface area contributed by atoms with E-state index in [0.29, 0.717) is 6.04 Å². The maximum atomic E-state index is 3.86. The summed E-state index contributed by atoms with van der Waals surface area (Å²) in [6.07, 6.45) is 13.0. The minimum absolute atomic E-state index is 0.671. The standard InChI is InChI=1S/C13H22N2/c1-2-5-11(6-3-1)14-12-8-10-15-9-4-7-13(12)15/h2,5,11-14H,1,3-4,6-10H2. The molecule has 2 fully saturated rings. The molecule has 0 radical (unpaired) electrons. The van der Waals surface area contributed by atoms with Gasteiger partial charge in [0.15, 0.2) is 0 Å². The van der Waals surface area contributed by atoms with Crippen molar-refractivity contribution < 1.29 is 0 Å². The predicted octanol–water partition coefficient (Wildman–Crippen LogP) is 1.92. The highest BCUT2D eigenvalue weighted by Crippen LogP contribution is 2.28. The molecule has 3 rings (SSSR count). The third-order valence-corrected chi connectivity index (χ3v) is 4.29. The fourth-order valence-electron chi connectivity index (χ4n) is 3.50. The zero-order valence-electron chi connectivity index (χ0n) is 9.49. The van der Waals surface area contributed by atoms with Crippen LogP contribution in [0.3, 0.4) is 0 Å². The Labute approximate surface area is 92.7 Å². The van der Waals surface area contributed by atoms with Gasteiger partial charge in [-0.1, -0.05) is 12.2 Å². The van der Waals surface area contributed by atoms with Crippen LogP contribution in [0.4, 0.5) is 0 Å². The molecule has 2 heteroatoms. The molecule has 3 aliphatic rings. The summed E-state index contributed by atoms with van der Waals surface area (Å²) in [6, 6.07) is 2.31. The summed E-state index contributed by atoms with van der Waals surface area (Å²) in [7, 11) is 0. The molecule has 1 N–H and O–H groups in total. The third-order valence-electron chi connectivity index (χ3n) is 4.29. The molecule has 2 heterocycles. The van der Waals surface area contributed by atoms with Gasteiger partial charge in [0.05, 0.1) is 0 Å². The molecule has 3 unspecified atom stereocenters. The largest absolute Gasteiger partial charge is 0.306 e. The number of fused-ring (bicyclic) bond motifs is 1. The summed E-state index contributed by atoms with van der Waals surface area (Å²) < 4.78 is 0. The van der Waals surface area contributed by atoms with E-state index in [1.54, 1.807) is 0 Å². The van der Waals surface area contributed by atoms with Crippen LogP contribution in [0.2, 0.25) is 0 Å². The fourth-order valence-corrected chi connectivity index (χ4v) is 3.50. The van der Waals surface area contributed by atoms with Crippen LogP contribution >= 0.6 is 0 Å². The molecule has 0 saturated carbocycles. The van der Waals surface area contributed by atoms with Crippen LogP contribution in [-0.2, 0) is 0 Å². The first-order valence-corrected chi connectivity index (χ1v) is 6.60. The van der Waals surface area contributed by atoms with Crippen LogP contribution in [-0.4, -0.2) is 36.1 Å². The van der Waals surface area contributed by atoms with Gasteiger partial charge in [-0.15, -0.1) is 0 Å². The summed E-state index contributed by atoms with van der Waals surface area (Å²) >= 11 is 0. The number of nitrogens with zero attached hydrogens (tertiary/aromatic N) is 1. The van der Waals surface area contributed by atoms with E-state index < -0.39 is 0 Å². The first kappa shape index (κ1) is 9.86. The second-order valence-electron chi connectivity index (χ2n) is 5.27. The Balaban J connectivity index is 1.58. The van der Waals surface area contributed by atoms with E-state index in [4.69, 9.17) is 0 Å². The van der Waals surface area contributed by atoms with Crippen molar-refractivity contribution >= 4 is 0 Å². The molecule has 0 spiro atoms. The lowest BCUT2D eigenvalue weighted by Crippen LogP contribution is -2.44. The van der Waals surface area contributed by atoms with Gasteiger partial charge in [0.2, 0.25) is 0 Å². The lowest BCUT2D eigenvalue weighted by molar-refractivity contribution is 0.291. The van der Waals surface area contributed by atoms with Crippen LogP contribution in [0.5, 0.6) is 0 Å². The van der Waals surface area contributed by atoms with Crippen molar-refractivity contribution in [2.24, 2.45) is 0 Å². The minimum Gasteiger partial charge on any atom is -0.306 e. The highest BCUT2D eigenvalue weighted by molar-refractivity contribution is 5.03. The van der Waals surface area contributed by atoms with E-state index in [9.17, 15) is 0 Å². The van der Waals surface area contributed by atoms with Gasteiger partial charge in [-0.2, -0.15) is 0 Å². The van der Waals surface area contributed by atoms with Crippen molar-refractivity contribution in [1.29, 1.82) is 0 Å². The van der Waals surface area contributed by atoms with Gasteiger partial charge in [-0.25, -0.2) is 0 Å². The van der Waals surface area contributed by atoms with Crippen LogP contribution in [0.15, 0.2) is 12.2 Å². The molecule has 2 aliphatic heterocycles. The molecule has 84 valence electrons. The summed E-state index contributed by atoms with van der Waals surface area (Å²) in [5.74, 6) is 0. The first-order valence-electron chi connectivity index (χ1n) is 6.60. The molecular weight excluding hydrogens is 184 g/mol. The molecule has 1 aliphatic carbocycles. The van der Waals surface area contributed by atoms with Crippen LogP contribution < -0.4 is 5.32 Å². The zero-order valence-corrected chi connectivity index (χ0v) is 9.49. The van der Waals surface area contributed by atoms with Gasteiger partial charge in [0, 0.05) is 24.7 Å². The average molecular weight is 206 g/mol. The van der Waals surface area contributed by atoms with E-state index in [1.807, 2.05) is 0 Å². The van der Waals surface area contributed by atoms with Crippen molar-refractivity contribution in [3.63, 3.8) is 0 Å². The Morgan fingerprint density at radius 3 is 2.93 bits per heavy atom. The second-order valence-corrected chi connectivity index (χ2v) is 5.27. The lowest BCUT2D eigenvalue weighted by Gasteiger charge is -2.26. The Bertz CT molecular complexity index is 249. The van der Waals surface area contributed by atoms with Crippen molar-refractivity contribution in [2.45, 2.75) is 56.7 Å². The van der Waals surface area contributed by atoms with E-state index in [2.05, 4.69) is 22.4 Å². The maximum Gasteiger partial charge on any atom is 0.0253 e. The molecule has 2 saturated heterocycles. The molecule has 0 aromatic carbocycles. The maximum absolute atomic E-state index is 3.86. The smallest absolute Gasteiger partial charge is 0.0253 e. The zero-order chi connectivity index (χ0) is 10.1. The van der Waals surface area contributed by atoms with Crippen LogP contribution in [0, 0.1) is 0 Å². The SMILES string of the molecule is C1=CC(NC2CCN3CCCC23)CCC1. The number of hydrogen-bond donors (Lipinski definition) is 1. The normalized spacial score (nSPS) is 40.9. The number of nitrogens with one attached hydrogen (secondary N) is 1. The Hall–Kier alpha value is -0.340. The lowest BCUT2D eigenvalue weighted by atomic mass is 9.99. The van der Waals surface area contributed by atoms with Gasteiger partial charge in [0.25, 0.3) is 0 Å². The fraction of sp³-hybridized carbons (Fsp3) is 0.846. The predicted molar refractivity (Wildman–Crippen MR) is 62.9 cm³/mol. The van der Waals surface area contributed by atoms with Crippen LogP contribution in [0.25, 0.3) is 0 Å². The second kappa shape index (κ2) is 4.26. The third kappa shape index (κ3) is 1.98. The Morgan fingerprint density at radius 2 is 2.07 bits per heavy atom. The summed E-state index contributed by atoms with van der Waals surface area (Å²) in [5, 5.41) is 3.86. The molecule has 0 aromatic heterocycles. The van der Waals surface area contributed by atoms with Gasteiger partial charge in [0.1, 0.15) is 0 Å². The molecule has 15 heavy (non-hydrogen) atoms. The molecule has 0 amide bonds. The number of rotatable bonds is 2. The highest BCUT2D eigenvalue weighted by atomic mass is 15.2. The van der Waals surface area contributed by atoms with Crippen molar-refractivity contribution in [1.82, 2.24) is 10.2 Å². The summed E-state index contributed by atoms with van der Waals surface area (Å²) in [6.45, 7) is 2.68. The molecule has 3 atom stereocenters. The topological polar surface area (TPSA) is 15.3 Å². The number of allylic oxidation sites excluding steroid dienone is 1. The van der Waals surface area contributed by atoms with Gasteiger partial charge >= 0.3 is 0 Å². The molecule has 0 aromatic rings. The van der Waals surface area contributed by atoms with E-state index in [0.717, 1.165) is 12.1 Å². The van der Waals surface area contributed by atoms with E-state index >= 15 is 0 Å². The van der Waals surface area contributed by atoms with Gasteiger partial charge in [-0.05, 0) is 45.1 Å². The van der Waals surface area contributed by atoms with Gasteiger partial charge < -0.3 is 5.32 Å². The van der Waals surface area contributed by atoms with Crippen molar-refractivity contribution in [3.05, 3.63) is 12.2 Å². The average Bonchev–Trinajstić information content (AvgIpc) is 2.85. The molecular formula is C13H22N2. The van der Waals surface area contributed by atoms with Crippen molar-refractivity contribution in [3.8, 4) is 0 Å². The summed E-state index contributed by atoms with van der Waals surface area (Å²) in [4.78, 5) is 2.68. The molecule has 0 bridgehead atoms. The quantitative estimate of drug-likeness (QED) is 0.694. The van der Waals surface area contributed by atoms with Gasteiger partial charge in [-0.3, -0.25) is 4.90 Å². The first-order chi connectivity index (χ1) is 7.43. The monoisotopic (exact) mass is 206 g/mol. The van der Waals surface area contributed by atoms with E-state index in [1.165, 1.54) is 51.6 Å². The Kier molecular flexibility index (Phi) is 2.80. The molecule has 2 nitrogen and oxygen atoms in total. The van der Waals surface area contributed by atoms with Crippen LogP contribution in [0.1, 0.15) is 38.5 Å². The minimum atomic E-state index is 0.671.